The fraction of sp³-hybridized carbons (Fsp3) is 0.263. The first kappa shape index (κ1) is 20.3. The van der Waals surface area contributed by atoms with Crippen molar-refractivity contribution >= 4 is 24.0 Å². The molecule has 9 nitrogen and oxygen atoms in total. The summed E-state index contributed by atoms with van der Waals surface area (Å²) in [5, 5.41) is 6.76. The molecule has 2 aromatic heterocycles. The number of hydrogen-bond acceptors (Lipinski definition) is 6. The number of benzene rings is 1. The minimum absolute atomic E-state index is 0.0563. The molecule has 0 fully saturated rings. The first-order chi connectivity index (χ1) is 14.1. The lowest BCUT2D eigenvalue weighted by Gasteiger charge is -2.08. The lowest BCUT2D eigenvalue weighted by Crippen LogP contribution is -2.43. The topological polar surface area (TPSA) is 114 Å². The highest BCUT2D eigenvalue weighted by Crippen LogP contribution is 2.13. The van der Waals surface area contributed by atoms with Gasteiger partial charge < -0.3 is 9.15 Å². The molecule has 2 heterocycles. The number of aromatic nitrogens is 3. The molecule has 2 amide bonds. The van der Waals surface area contributed by atoms with E-state index in [1.54, 1.807) is 10.6 Å². The number of amides is 2. The zero-order valence-corrected chi connectivity index (χ0v) is 16.6. The van der Waals surface area contributed by atoms with E-state index in [0.717, 1.165) is 6.42 Å². The molecule has 0 unspecified atom stereocenters. The summed E-state index contributed by atoms with van der Waals surface area (Å²) in [6.45, 7) is 2.13. The van der Waals surface area contributed by atoms with E-state index < -0.39 is 11.8 Å². The number of carbonyl (C=O) groups is 2. The summed E-state index contributed by atoms with van der Waals surface area (Å²) in [4.78, 5) is 24.3. The van der Waals surface area contributed by atoms with Crippen LogP contribution in [0.2, 0.25) is 0 Å². The van der Waals surface area contributed by atoms with E-state index in [2.05, 4.69) is 21.0 Å². The second-order valence-electron chi connectivity index (χ2n) is 6.15. The Labute approximate surface area is 172 Å². The van der Waals surface area contributed by atoms with E-state index >= 15 is 0 Å². The van der Waals surface area contributed by atoms with Gasteiger partial charge in [-0.25, -0.2) is 0 Å². The molecule has 29 heavy (non-hydrogen) atoms. The maximum Gasteiger partial charge on any atom is 0.305 e. The van der Waals surface area contributed by atoms with Crippen LogP contribution >= 0.6 is 12.2 Å². The van der Waals surface area contributed by atoms with Crippen LogP contribution in [0, 0.1) is 4.77 Å². The number of furan rings is 1. The highest BCUT2D eigenvalue weighted by molar-refractivity contribution is 7.71. The van der Waals surface area contributed by atoms with Crippen LogP contribution in [0.1, 0.15) is 35.5 Å². The van der Waals surface area contributed by atoms with E-state index in [4.69, 9.17) is 21.4 Å². The van der Waals surface area contributed by atoms with Crippen molar-refractivity contribution in [3.63, 3.8) is 0 Å². The number of nitrogens with zero attached hydrogens (tertiary/aromatic N) is 2. The van der Waals surface area contributed by atoms with E-state index in [1.165, 1.54) is 6.07 Å². The predicted octanol–water partition coefficient (Wildman–Crippen LogP) is 2.53. The molecule has 10 heteroatoms. The Bertz CT molecular complexity index is 1020. The molecule has 0 spiro atoms. The zero-order valence-electron chi connectivity index (χ0n) is 15.8. The van der Waals surface area contributed by atoms with Gasteiger partial charge in [0.25, 0.3) is 5.91 Å². The number of aryl methyl sites for hydroxylation is 1. The van der Waals surface area contributed by atoms with E-state index in [0.29, 0.717) is 28.5 Å². The van der Waals surface area contributed by atoms with Gasteiger partial charge in [-0.05, 0) is 42.9 Å². The summed E-state index contributed by atoms with van der Waals surface area (Å²) in [5.41, 5.74) is 4.66. The minimum atomic E-state index is -0.575. The lowest BCUT2D eigenvalue weighted by atomic mass is 10.3. The fourth-order valence-corrected chi connectivity index (χ4v) is 2.76. The quantitative estimate of drug-likeness (QED) is 0.385. The second kappa shape index (κ2) is 9.69. The van der Waals surface area contributed by atoms with Gasteiger partial charge in [0.15, 0.2) is 10.5 Å². The number of rotatable bonds is 8. The number of nitrogens with one attached hydrogen (secondary N) is 3. The zero-order chi connectivity index (χ0) is 20.6. The SMILES string of the molecule is CCCc1n[nH]c(=S)n1CC(=O)NNC(=O)c1ccc(COc2ccccc2)o1. The molecule has 0 saturated heterocycles. The minimum Gasteiger partial charge on any atom is -0.486 e. The van der Waals surface area contributed by atoms with Crippen LogP contribution in [-0.2, 0) is 24.4 Å². The number of aromatic amines is 1. The van der Waals surface area contributed by atoms with Crippen LogP contribution in [0.3, 0.4) is 0 Å². The molecule has 0 aliphatic rings. The maximum absolute atomic E-state index is 12.2. The second-order valence-corrected chi connectivity index (χ2v) is 6.54. The van der Waals surface area contributed by atoms with Crippen molar-refractivity contribution in [2.45, 2.75) is 32.9 Å². The Morgan fingerprint density at radius 3 is 2.76 bits per heavy atom. The third-order valence-corrected chi connectivity index (χ3v) is 4.25. The molecular weight excluding hydrogens is 394 g/mol. The van der Waals surface area contributed by atoms with Gasteiger partial charge in [-0.1, -0.05) is 25.1 Å². The van der Waals surface area contributed by atoms with Gasteiger partial charge in [0.2, 0.25) is 0 Å². The van der Waals surface area contributed by atoms with Gasteiger partial charge >= 0.3 is 5.91 Å². The van der Waals surface area contributed by atoms with Crippen LogP contribution in [0.5, 0.6) is 5.75 Å². The largest absolute Gasteiger partial charge is 0.486 e. The van der Waals surface area contributed by atoms with Crippen LogP contribution < -0.4 is 15.6 Å². The van der Waals surface area contributed by atoms with Crippen molar-refractivity contribution in [2.24, 2.45) is 0 Å². The van der Waals surface area contributed by atoms with Crippen molar-refractivity contribution < 1.29 is 18.7 Å². The number of carbonyl (C=O) groups excluding carboxylic acids is 2. The average Bonchev–Trinajstić information content (AvgIpc) is 3.34. The smallest absolute Gasteiger partial charge is 0.305 e. The van der Waals surface area contributed by atoms with Gasteiger partial charge in [0.05, 0.1) is 0 Å². The van der Waals surface area contributed by atoms with Crippen LogP contribution in [0.15, 0.2) is 46.9 Å². The number of para-hydroxylation sites is 1. The van der Waals surface area contributed by atoms with Gasteiger partial charge in [0, 0.05) is 6.42 Å². The highest BCUT2D eigenvalue weighted by Gasteiger charge is 2.14. The third-order valence-electron chi connectivity index (χ3n) is 3.94. The summed E-state index contributed by atoms with van der Waals surface area (Å²) >= 11 is 5.13. The lowest BCUT2D eigenvalue weighted by molar-refractivity contribution is -0.122. The number of hydrogen-bond donors (Lipinski definition) is 3. The van der Waals surface area contributed by atoms with Crippen LogP contribution in [0.25, 0.3) is 0 Å². The van der Waals surface area contributed by atoms with Gasteiger partial charge in [-0.15, -0.1) is 0 Å². The van der Waals surface area contributed by atoms with Crippen LogP contribution in [0.4, 0.5) is 0 Å². The molecule has 152 valence electrons. The fourth-order valence-electron chi connectivity index (χ4n) is 2.55. The summed E-state index contributed by atoms with van der Waals surface area (Å²) in [7, 11) is 0. The van der Waals surface area contributed by atoms with Crippen molar-refractivity contribution in [2.75, 3.05) is 0 Å². The molecular formula is C19H21N5O4S. The molecule has 1 aromatic carbocycles. The monoisotopic (exact) mass is 415 g/mol. The molecule has 0 atom stereocenters. The summed E-state index contributed by atoms with van der Waals surface area (Å²) in [6.07, 6.45) is 1.56. The first-order valence-electron chi connectivity index (χ1n) is 9.06. The Morgan fingerprint density at radius 2 is 2.00 bits per heavy atom. The van der Waals surface area contributed by atoms with Crippen LogP contribution in [-0.4, -0.2) is 26.6 Å². The summed E-state index contributed by atoms with van der Waals surface area (Å²) in [5.74, 6) is 0.916. The number of ether oxygens (including phenoxy) is 1. The summed E-state index contributed by atoms with van der Waals surface area (Å²) < 4.78 is 13.0. The number of hydrazine groups is 1. The molecule has 3 N–H and O–H groups in total. The molecule has 3 aromatic rings. The normalized spacial score (nSPS) is 10.5. The standard InChI is InChI=1S/C19H21N5O4S/c1-2-6-16-20-23-19(29)24(16)11-17(25)21-22-18(26)15-10-9-14(28-15)12-27-13-7-4-3-5-8-13/h3-5,7-10H,2,6,11-12H2,1H3,(H,21,25)(H,22,26)(H,23,29). The Balaban J connectivity index is 1.49. The van der Waals surface area contributed by atoms with Crippen molar-refractivity contribution in [3.8, 4) is 5.75 Å². The van der Waals surface area contributed by atoms with Crippen molar-refractivity contribution in [3.05, 3.63) is 64.6 Å². The van der Waals surface area contributed by atoms with Gasteiger partial charge in [-0.3, -0.25) is 30.1 Å². The Kier molecular flexibility index (Phi) is 6.80. The molecule has 0 aliphatic carbocycles. The Hall–Kier alpha value is -3.40. The first-order valence-corrected chi connectivity index (χ1v) is 9.47. The molecule has 3 rings (SSSR count). The average molecular weight is 415 g/mol. The van der Waals surface area contributed by atoms with Gasteiger partial charge in [0.1, 0.15) is 30.5 Å². The molecule has 0 aliphatic heterocycles. The summed E-state index contributed by atoms with van der Waals surface area (Å²) in [6, 6.07) is 12.4. The van der Waals surface area contributed by atoms with E-state index in [-0.39, 0.29) is 18.9 Å². The molecule has 0 bridgehead atoms. The van der Waals surface area contributed by atoms with Crippen molar-refractivity contribution in [1.29, 1.82) is 0 Å². The highest BCUT2D eigenvalue weighted by atomic mass is 32.1. The van der Waals surface area contributed by atoms with E-state index in [9.17, 15) is 9.59 Å². The predicted molar refractivity (Wildman–Crippen MR) is 106 cm³/mol. The van der Waals surface area contributed by atoms with E-state index in [1.807, 2.05) is 37.3 Å². The van der Waals surface area contributed by atoms with Gasteiger partial charge in [-0.2, -0.15) is 5.10 Å². The number of H-pyrrole nitrogens is 1. The van der Waals surface area contributed by atoms with Crippen molar-refractivity contribution in [1.82, 2.24) is 25.6 Å². The Morgan fingerprint density at radius 1 is 1.21 bits per heavy atom. The maximum atomic E-state index is 12.2. The third kappa shape index (κ3) is 5.55. The molecule has 0 radical (unpaired) electrons. The molecule has 0 saturated carbocycles.